The molecule has 3 rings (SSSR count). The smallest absolute Gasteiger partial charge is 0.276 e. The van der Waals surface area contributed by atoms with E-state index in [4.69, 9.17) is 9.47 Å². The average molecular weight is 455 g/mol. The summed E-state index contributed by atoms with van der Waals surface area (Å²) in [6, 6.07) is 17.5. The second kappa shape index (κ2) is 9.92. The maximum atomic E-state index is 12.3. The fourth-order valence-electron chi connectivity index (χ4n) is 2.70. The van der Waals surface area contributed by atoms with E-state index >= 15 is 0 Å². The first-order valence-corrected chi connectivity index (χ1v) is 10.9. The molecule has 0 amide bonds. The minimum atomic E-state index is -3.76. The zero-order valence-corrected chi connectivity index (χ0v) is 18.2. The van der Waals surface area contributed by atoms with Gasteiger partial charge in [-0.3, -0.25) is 10.1 Å². The number of non-ortho nitro benzene ring substituents is 1. The molecular weight excluding hydrogens is 434 g/mol. The second-order valence-corrected chi connectivity index (χ2v) is 8.45. The number of nitrogens with one attached hydrogen (secondary N) is 1. The first-order chi connectivity index (χ1) is 15.3. The van der Waals surface area contributed by atoms with Gasteiger partial charge in [0.1, 0.15) is 6.61 Å². The predicted molar refractivity (Wildman–Crippen MR) is 120 cm³/mol. The van der Waals surface area contributed by atoms with Gasteiger partial charge in [-0.25, -0.2) is 4.83 Å². The van der Waals surface area contributed by atoms with E-state index in [9.17, 15) is 18.5 Å². The van der Waals surface area contributed by atoms with Gasteiger partial charge in [0.15, 0.2) is 11.5 Å². The Morgan fingerprint density at radius 1 is 1.03 bits per heavy atom. The maximum absolute atomic E-state index is 12.3. The largest absolute Gasteiger partial charge is 0.493 e. The van der Waals surface area contributed by atoms with Crippen LogP contribution in [0.4, 0.5) is 5.69 Å². The highest BCUT2D eigenvalue weighted by Gasteiger charge is 2.12. The lowest BCUT2D eigenvalue weighted by Crippen LogP contribution is -2.18. The summed E-state index contributed by atoms with van der Waals surface area (Å²) in [7, 11) is -2.28. The molecule has 0 heterocycles. The van der Waals surface area contributed by atoms with E-state index in [1.54, 1.807) is 42.5 Å². The number of nitro groups is 1. The Kier molecular flexibility index (Phi) is 7.06. The summed E-state index contributed by atoms with van der Waals surface area (Å²) in [6.07, 6.45) is 1.36. The van der Waals surface area contributed by atoms with E-state index in [-0.39, 0.29) is 17.2 Å². The topological polar surface area (TPSA) is 120 Å². The standard InChI is InChI=1S/C22H21N3O6S/c1-16-3-10-20(11-4-16)32(28,29)24-23-14-18-7-12-21(22(13-18)30-2)31-15-17-5-8-19(9-6-17)25(26)27/h3-14,24H,15H2,1-2H3/b23-14-. The molecule has 1 N–H and O–H groups in total. The quantitative estimate of drug-likeness (QED) is 0.298. The van der Waals surface area contributed by atoms with Gasteiger partial charge in [-0.05, 0) is 60.5 Å². The molecule has 0 aliphatic carbocycles. The monoisotopic (exact) mass is 455 g/mol. The summed E-state index contributed by atoms with van der Waals surface area (Å²) in [5, 5.41) is 14.5. The molecule has 9 nitrogen and oxygen atoms in total. The highest BCUT2D eigenvalue weighted by atomic mass is 32.2. The lowest BCUT2D eigenvalue weighted by Gasteiger charge is -2.11. The van der Waals surface area contributed by atoms with Crippen LogP contribution in [-0.4, -0.2) is 26.7 Å². The van der Waals surface area contributed by atoms with Crippen molar-refractivity contribution in [1.82, 2.24) is 4.83 Å². The summed E-state index contributed by atoms with van der Waals surface area (Å²) in [5.74, 6) is 0.889. The van der Waals surface area contributed by atoms with Crippen LogP contribution < -0.4 is 14.3 Å². The van der Waals surface area contributed by atoms with Gasteiger partial charge in [0.05, 0.1) is 23.1 Å². The van der Waals surface area contributed by atoms with Crippen LogP contribution in [0.3, 0.4) is 0 Å². The molecule has 3 aromatic rings. The van der Waals surface area contributed by atoms with Crippen molar-refractivity contribution >= 4 is 21.9 Å². The molecule has 0 radical (unpaired) electrons. The van der Waals surface area contributed by atoms with E-state index in [0.717, 1.165) is 11.1 Å². The molecule has 0 spiro atoms. The summed E-state index contributed by atoms with van der Waals surface area (Å²) in [5.41, 5.74) is 2.31. The van der Waals surface area contributed by atoms with Crippen molar-refractivity contribution in [2.75, 3.05) is 7.11 Å². The van der Waals surface area contributed by atoms with Crippen molar-refractivity contribution < 1.29 is 22.8 Å². The molecule has 0 aliphatic heterocycles. The van der Waals surface area contributed by atoms with Crippen molar-refractivity contribution in [2.45, 2.75) is 18.4 Å². The van der Waals surface area contributed by atoms with Crippen LogP contribution in [0.15, 0.2) is 76.7 Å². The molecule has 3 aromatic carbocycles. The minimum absolute atomic E-state index is 0.00738. The van der Waals surface area contributed by atoms with Gasteiger partial charge in [-0.15, -0.1) is 0 Å². The normalized spacial score (nSPS) is 11.3. The van der Waals surface area contributed by atoms with Crippen LogP contribution in [0.2, 0.25) is 0 Å². The lowest BCUT2D eigenvalue weighted by molar-refractivity contribution is -0.384. The van der Waals surface area contributed by atoms with Crippen molar-refractivity contribution in [3.05, 3.63) is 93.5 Å². The van der Waals surface area contributed by atoms with Crippen molar-refractivity contribution in [3.63, 3.8) is 0 Å². The van der Waals surface area contributed by atoms with Crippen LogP contribution in [0.5, 0.6) is 11.5 Å². The van der Waals surface area contributed by atoms with E-state index in [2.05, 4.69) is 9.93 Å². The molecule has 0 fully saturated rings. The van der Waals surface area contributed by atoms with E-state index in [0.29, 0.717) is 17.1 Å². The highest BCUT2D eigenvalue weighted by molar-refractivity contribution is 7.89. The number of nitro benzene ring substituents is 1. The van der Waals surface area contributed by atoms with Gasteiger partial charge >= 0.3 is 0 Å². The van der Waals surface area contributed by atoms with Crippen molar-refractivity contribution in [2.24, 2.45) is 5.10 Å². The molecule has 166 valence electrons. The number of sulfonamides is 1. The molecular formula is C22H21N3O6S. The Labute approximate surface area is 185 Å². The van der Waals surface area contributed by atoms with E-state index < -0.39 is 14.9 Å². The number of nitrogens with zero attached hydrogens (tertiary/aromatic N) is 2. The van der Waals surface area contributed by atoms with Gasteiger partial charge in [-0.1, -0.05) is 17.7 Å². The summed E-state index contributed by atoms with van der Waals surface area (Å²) in [4.78, 5) is 12.6. The molecule has 0 saturated heterocycles. The van der Waals surface area contributed by atoms with Crippen LogP contribution in [-0.2, 0) is 16.6 Å². The minimum Gasteiger partial charge on any atom is -0.493 e. The molecule has 32 heavy (non-hydrogen) atoms. The van der Waals surface area contributed by atoms with Crippen LogP contribution >= 0.6 is 0 Å². The molecule has 0 aromatic heterocycles. The third-order valence-electron chi connectivity index (χ3n) is 4.45. The van der Waals surface area contributed by atoms with Crippen LogP contribution in [0.25, 0.3) is 0 Å². The van der Waals surface area contributed by atoms with Gasteiger partial charge in [-0.2, -0.15) is 13.5 Å². The molecule has 0 saturated carbocycles. The Morgan fingerprint density at radius 2 is 1.72 bits per heavy atom. The first-order valence-electron chi connectivity index (χ1n) is 9.44. The number of hydrogen-bond donors (Lipinski definition) is 1. The Balaban J connectivity index is 1.65. The number of methoxy groups -OCH3 is 1. The van der Waals surface area contributed by atoms with Crippen molar-refractivity contribution in [1.29, 1.82) is 0 Å². The summed E-state index contributed by atoms with van der Waals surface area (Å²) in [6.45, 7) is 2.06. The zero-order valence-electron chi connectivity index (χ0n) is 17.4. The average Bonchev–Trinajstić information content (AvgIpc) is 2.78. The fraction of sp³-hybridized carbons (Fsp3) is 0.136. The SMILES string of the molecule is COc1cc(/C=N\NS(=O)(=O)c2ccc(C)cc2)ccc1OCc1ccc([N+](=O)[O-])cc1. The second-order valence-electron chi connectivity index (χ2n) is 6.79. The number of rotatable bonds is 9. The number of hydrazone groups is 1. The van der Waals surface area contributed by atoms with Gasteiger partial charge in [0.25, 0.3) is 15.7 Å². The molecule has 0 unspecified atom stereocenters. The highest BCUT2D eigenvalue weighted by Crippen LogP contribution is 2.28. The number of ether oxygens (including phenoxy) is 2. The van der Waals surface area contributed by atoms with Crippen LogP contribution in [0, 0.1) is 17.0 Å². The van der Waals surface area contributed by atoms with Gasteiger partial charge in [0, 0.05) is 12.1 Å². The summed E-state index contributed by atoms with van der Waals surface area (Å²) < 4.78 is 35.6. The predicted octanol–water partition coefficient (Wildman–Crippen LogP) is 3.80. The Hall–Kier alpha value is -3.92. The molecule has 0 atom stereocenters. The van der Waals surface area contributed by atoms with Gasteiger partial charge in [0.2, 0.25) is 0 Å². The maximum Gasteiger partial charge on any atom is 0.276 e. The van der Waals surface area contributed by atoms with Gasteiger partial charge < -0.3 is 9.47 Å². The molecule has 10 heteroatoms. The third kappa shape index (κ3) is 5.82. The van der Waals surface area contributed by atoms with Crippen molar-refractivity contribution in [3.8, 4) is 11.5 Å². The molecule has 0 bridgehead atoms. The third-order valence-corrected chi connectivity index (χ3v) is 5.69. The first kappa shape index (κ1) is 22.8. The van der Waals surface area contributed by atoms with E-state index in [1.807, 2.05) is 6.92 Å². The fourth-order valence-corrected chi connectivity index (χ4v) is 3.49. The van der Waals surface area contributed by atoms with Crippen LogP contribution in [0.1, 0.15) is 16.7 Å². The Bertz CT molecular complexity index is 1220. The zero-order chi connectivity index (χ0) is 23.1. The summed E-state index contributed by atoms with van der Waals surface area (Å²) >= 11 is 0. The number of benzene rings is 3. The lowest BCUT2D eigenvalue weighted by atomic mass is 10.2. The van der Waals surface area contributed by atoms with E-state index in [1.165, 1.54) is 37.6 Å². The Morgan fingerprint density at radius 3 is 2.34 bits per heavy atom. The number of aryl methyl sites for hydroxylation is 1. The molecule has 0 aliphatic rings. The number of hydrogen-bond acceptors (Lipinski definition) is 7.